The zero-order valence-corrected chi connectivity index (χ0v) is 26.0. The molecule has 2 aliphatic heterocycles. The van der Waals surface area contributed by atoms with E-state index < -0.39 is 0 Å². The molecule has 3 atom stereocenters. The van der Waals surface area contributed by atoms with Crippen molar-refractivity contribution in [3.05, 3.63) is 65.0 Å². The second-order valence-corrected chi connectivity index (χ2v) is 12.7. The fraction of sp³-hybridized carbons (Fsp3) is 0.588. The van der Waals surface area contributed by atoms with Gasteiger partial charge in [0, 0.05) is 50.3 Å². The molecular weight excluding hydrogens is 508 g/mol. The molecule has 41 heavy (non-hydrogen) atoms. The lowest BCUT2D eigenvalue weighted by Gasteiger charge is -2.46. The van der Waals surface area contributed by atoms with Gasteiger partial charge in [0.2, 0.25) is 0 Å². The number of nitrogens with zero attached hydrogens (tertiary/aromatic N) is 5. The molecule has 0 aliphatic carbocycles. The number of likely N-dealkylation sites (tertiary alicyclic amines) is 1. The molecule has 3 aromatic rings. The summed E-state index contributed by atoms with van der Waals surface area (Å²) in [5.41, 5.74) is 6.80. The van der Waals surface area contributed by atoms with Crippen LogP contribution in [0.4, 0.5) is 0 Å². The summed E-state index contributed by atoms with van der Waals surface area (Å²) in [5.74, 6) is 0.344. The minimum Gasteiger partial charge on any atom is -0.508 e. The van der Waals surface area contributed by atoms with Crippen LogP contribution in [-0.4, -0.2) is 82.1 Å². The summed E-state index contributed by atoms with van der Waals surface area (Å²) < 4.78 is 0. The zero-order chi connectivity index (χ0) is 29.1. The van der Waals surface area contributed by atoms with Crippen molar-refractivity contribution in [1.29, 1.82) is 0 Å². The molecule has 0 bridgehead atoms. The van der Waals surface area contributed by atoms with Gasteiger partial charge in [-0.25, -0.2) is 9.97 Å². The fourth-order valence-corrected chi connectivity index (χ4v) is 7.29. The van der Waals surface area contributed by atoms with Gasteiger partial charge < -0.3 is 10.4 Å². The summed E-state index contributed by atoms with van der Waals surface area (Å²) in [4.78, 5) is 18.0. The van der Waals surface area contributed by atoms with E-state index in [0.717, 1.165) is 81.6 Å². The number of rotatable bonds is 9. The lowest BCUT2D eigenvalue weighted by Crippen LogP contribution is -2.55. The number of aromatic nitrogens is 2. The smallest absolute Gasteiger partial charge is 0.115 e. The summed E-state index contributed by atoms with van der Waals surface area (Å²) in [6, 6.07) is 15.8. The molecule has 2 aliphatic rings. The molecule has 0 radical (unpaired) electrons. The third-order valence-electron chi connectivity index (χ3n) is 9.40. The molecule has 1 aromatic heterocycles. The lowest BCUT2D eigenvalue weighted by molar-refractivity contribution is 0.0506. The van der Waals surface area contributed by atoms with Gasteiger partial charge in [0.05, 0.1) is 28.5 Å². The van der Waals surface area contributed by atoms with E-state index in [4.69, 9.17) is 9.97 Å². The number of nitrogens with one attached hydrogen (secondary N) is 1. The Morgan fingerprint density at radius 3 is 2.37 bits per heavy atom. The molecule has 222 valence electrons. The zero-order valence-electron chi connectivity index (χ0n) is 26.0. The maximum absolute atomic E-state index is 10.1. The van der Waals surface area contributed by atoms with Gasteiger partial charge in [-0.05, 0) is 89.0 Å². The lowest BCUT2D eigenvalue weighted by atomic mass is 9.79. The van der Waals surface area contributed by atoms with E-state index in [2.05, 4.69) is 86.1 Å². The van der Waals surface area contributed by atoms with E-state index in [1.807, 2.05) is 12.1 Å². The predicted molar refractivity (Wildman–Crippen MR) is 168 cm³/mol. The highest BCUT2D eigenvalue weighted by Crippen LogP contribution is 2.39. The van der Waals surface area contributed by atoms with Crippen molar-refractivity contribution in [3.63, 3.8) is 0 Å². The Labute approximate surface area is 247 Å². The van der Waals surface area contributed by atoms with Crippen LogP contribution < -0.4 is 5.32 Å². The van der Waals surface area contributed by atoms with Crippen molar-refractivity contribution in [2.75, 3.05) is 40.3 Å². The number of piperazine rings is 1. The van der Waals surface area contributed by atoms with Gasteiger partial charge in [0.15, 0.2) is 0 Å². The average molecular weight is 559 g/mol. The quantitative estimate of drug-likeness (QED) is 0.361. The summed E-state index contributed by atoms with van der Waals surface area (Å²) in [5, 5.41) is 13.8. The van der Waals surface area contributed by atoms with Gasteiger partial charge in [0.25, 0.3) is 0 Å². The van der Waals surface area contributed by atoms with Crippen LogP contribution in [0.5, 0.6) is 5.75 Å². The van der Waals surface area contributed by atoms with Crippen molar-refractivity contribution in [2.45, 2.75) is 90.0 Å². The van der Waals surface area contributed by atoms with Gasteiger partial charge in [-0.3, -0.25) is 14.7 Å². The number of fused-ring (bicyclic) bond motifs is 1. The van der Waals surface area contributed by atoms with Crippen molar-refractivity contribution in [3.8, 4) is 5.75 Å². The molecule has 5 rings (SSSR count). The molecule has 0 saturated carbocycles. The van der Waals surface area contributed by atoms with E-state index in [9.17, 15) is 5.11 Å². The van der Waals surface area contributed by atoms with E-state index >= 15 is 0 Å². The van der Waals surface area contributed by atoms with Crippen LogP contribution in [0.2, 0.25) is 0 Å². The molecule has 2 N–H and O–H groups in total. The largest absolute Gasteiger partial charge is 0.508 e. The molecule has 2 fully saturated rings. The SMILES string of the molecule is CCC[C@H](c1nc2ccc(CN3CCC(c4cccc(O)c4)(N(C)C)CC3)cc2nc1CC)N1C[C@@H](C)N[C@@H](C)C1. The highest BCUT2D eigenvalue weighted by atomic mass is 16.3. The van der Waals surface area contributed by atoms with Gasteiger partial charge in [-0.2, -0.15) is 0 Å². The maximum Gasteiger partial charge on any atom is 0.115 e. The predicted octanol–water partition coefficient (Wildman–Crippen LogP) is 5.47. The number of phenols is 1. The van der Waals surface area contributed by atoms with Crippen molar-refractivity contribution in [1.82, 2.24) is 30.0 Å². The number of benzene rings is 2. The number of phenolic OH excluding ortho intramolecular Hbond substituents is 1. The van der Waals surface area contributed by atoms with Gasteiger partial charge in [-0.15, -0.1) is 0 Å². The Bertz CT molecular complexity index is 1310. The summed E-state index contributed by atoms with van der Waals surface area (Å²) in [6.45, 7) is 14.1. The van der Waals surface area contributed by atoms with Crippen molar-refractivity contribution < 1.29 is 5.11 Å². The molecule has 0 unspecified atom stereocenters. The highest BCUT2D eigenvalue weighted by Gasteiger charge is 2.38. The molecule has 2 aromatic carbocycles. The Kier molecular flexibility index (Phi) is 9.29. The topological polar surface area (TPSA) is 67.8 Å². The molecular formula is C34H50N6O. The van der Waals surface area contributed by atoms with Crippen molar-refractivity contribution in [2.24, 2.45) is 0 Å². The minimum atomic E-state index is -0.0500. The molecule has 3 heterocycles. The maximum atomic E-state index is 10.1. The first-order valence-electron chi connectivity index (χ1n) is 15.7. The van der Waals surface area contributed by atoms with Gasteiger partial charge in [0.1, 0.15) is 5.75 Å². The first-order chi connectivity index (χ1) is 19.7. The standard InChI is InChI=1S/C34H50N6O/c1-7-10-32(40-21-24(3)35-25(4)22-40)33-29(8-2)36-31-19-26(13-14-30(31)37-33)23-39-17-15-34(16-18-39,38(5)6)27-11-9-12-28(41)20-27/h9,11-14,19-20,24-25,32,35,41H,7-8,10,15-18,21-23H2,1-6H3/t24-,25+,32-/m1/s1. The third-order valence-corrected chi connectivity index (χ3v) is 9.40. The third kappa shape index (κ3) is 6.43. The Morgan fingerprint density at radius 2 is 1.73 bits per heavy atom. The summed E-state index contributed by atoms with van der Waals surface area (Å²) in [7, 11) is 4.32. The Hall–Kier alpha value is -2.58. The van der Waals surface area contributed by atoms with Crippen LogP contribution in [0, 0.1) is 0 Å². The first-order valence-corrected chi connectivity index (χ1v) is 15.7. The van der Waals surface area contributed by atoms with Crippen LogP contribution in [-0.2, 0) is 18.5 Å². The van der Waals surface area contributed by atoms with Crippen LogP contribution in [0.15, 0.2) is 42.5 Å². The number of hydrogen-bond acceptors (Lipinski definition) is 7. The second kappa shape index (κ2) is 12.7. The normalized spacial score (nSPS) is 22.8. The van der Waals surface area contributed by atoms with Crippen molar-refractivity contribution >= 4 is 11.0 Å². The number of piperidine rings is 1. The van der Waals surface area contributed by atoms with Crippen LogP contribution >= 0.6 is 0 Å². The van der Waals surface area contributed by atoms with Gasteiger partial charge in [-0.1, -0.05) is 38.5 Å². The monoisotopic (exact) mass is 558 g/mol. The second-order valence-electron chi connectivity index (χ2n) is 12.7. The van der Waals surface area contributed by atoms with E-state index in [0.29, 0.717) is 23.9 Å². The minimum absolute atomic E-state index is 0.0500. The van der Waals surface area contributed by atoms with Crippen LogP contribution in [0.25, 0.3) is 11.0 Å². The number of aromatic hydroxyl groups is 1. The molecule has 0 amide bonds. The molecule has 2 saturated heterocycles. The van der Waals surface area contributed by atoms with E-state index in [1.165, 1.54) is 16.8 Å². The average Bonchev–Trinajstić information content (AvgIpc) is 2.95. The van der Waals surface area contributed by atoms with E-state index in [1.54, 1.807) is 6.07 Å². The highest BCUT2D eigenvalue weighted by molar-refractivity contribution is 5.75. The summed E-state index contributed by atoms with van der Waals surface area (Å²) in [6.07, 6.45) is 5.20. The first kappa shape index (κ1) is 29.9. The van der Waals surface area contributed by atoms with Crippen LogP contribution in [0.1, 0.15) is 81.9 Å². The Balaban J connectivity index is 1.34. The van der Waals surface area contributed by atoms with Gasteiger partial charge >= 0.3 is 0 Å². The van der Waals surface area contributed by atoms with Crippen LogP contribution in [0.3, 0.4) is 0 Å². The number of aryl methyl sites for hydroxylation is 1. The molecule has 7 heteroatoms. The Morgan fingerprint density at radius 1 is 1.00 bits per heavy atom. The fourth-order valence-electron chi connectivity index (χ4n) is 7.29. The molecule has 0 spiro atoms. The van der Waals surface area contributed by atoms with E-state index in [-0.39, 0.29) is 5.54 Å². The number of hydrogen-bond donors (Lipinski definition) is 2. The molecule has 7 nitrogen and oxygen atoms in total. The summed E-state index contributed by atoms with van der Waals surface area (Å²) >= 11 is 0.